The number of allylic oxidation sites excluding steroid dienone is 1. The molecule has 3 nitrogen and oxygen atoms in total. The van der Waals surface area contributed by atoms with Gasteiger partial charge in [0.2, 0.25) is 0 Å². The van der Waals surface area contributed by atoms with Gasteiger partial charge < -0.3 is 10.1 Å². The molecule has 0 amide bonds. The van der Waals surface area contributed by atoms with E-state index in [0.29, 0.717) is 13.0 Å². The number of rotatable bonds is 8. The van der Waals surface area contributed by atoms with Crippen molar-refractivity contribution in [3.8, 4) is 0 Å². The van der Waals surface area contributed by atoms with Crippen LogP contribution in [-0.4, -0.2) is 19.1 Å². The third-order valence-corrected chi connectivity index (χ3v) is 1.79. The first-order valence-electron chi connectivity index (χ1n) is 5.21. The first-order valence-corrected chi connectivity index (χ1v) is 5.21. The van der Waals surface area contributed by atoms with Crippen molar-refractivity contribution in [3.63, 3.8) is 0 Å². The zero-order chi connectivity index (χ0) is 10.8. The predicted molar refractivity (Wildman–Crippen MR) is 57.9 cm³/mol. The topological polar surface area (TPSA) is 38.3 Å². The van der Waals surface area contributed by atoms with Crippen molar-refractivity contribution in [2.75, 3.05) is 13.2 Å². The van der Waals surface area contributed by atoms with E-state index in [2.05, 4.69) is 11.9 Å². The van der Waals surface area contributed by atoms with Gasteiger partial charge in [-0.1, -0.05) is 13.0 Å². The van der Waals surface area contributed by atoms with Gasteiger partial charge in [-0.25, -0.2) is 0 Å². The van der Waals surface area contributed by atoms with E-state index in [1.165, 1.54) is 0 Å². The summed E-state index contributed by atoms with van der Waals surface area (Å²) in [5.74, 6) is -0.0830. The van der Waals surface area contributed by atoms with Crippen molar-refractivity contribution in [2.24, 2.45) is 0 Å². The van der Waals surface area contributed by atoms with Crippen LogP contribution in [0.1, 0.15) is 39.5 Å². The van der Waals surface area contributed by atoms with Gasteiger partial charge in [0.25, 0.3) is 0 Å². The van der Waals surface area contributed by atoms with Gasteiger partial charge in [0.05, 0.1) is 6.61 Å². The summed E-state index contributed by atoms with van der Waals surface area (Å²) in [5, 5.41) is 3.15. The Balaban J connectivity index is 3.13. The number of hydrogen-bond donors (Lipinski definition) is 1. The Morgan fingerprint density at radius 1 is 1.36 bits per heavy atom. The van der Waals surface area contributed by atoms with E-state index in [1.807, 2.05) is 13.8 Å². The molecule has 0 spiro atoms. The summed E-state index contributed by atoms with van der Waals surface area (Å²) >= 11 is 0. The lowest BCUT2D eigenvalue weighted by Crippen LogP contribution is -2.11. The monoisotopic (exact) mass is 199 g/mol. The number of hydrogen-bond acceptors (Lipinski definition) is 3. The quantitative estimate of drug-likeness (QED) is 0.481. The fourth-order valence-corrected chi connectivity index (χ4v) is 1.11. The molecule has 0 fully saturated rings. The maximum atomic E-state index is 10.9. The molecule has 0 bridgehead atoms. The number of carbonyl (C=O) groups is 1. The normalized spacial score (nSPS) is 9.57. The second-order valence-electron chi connectivity index (χ2n) is 3.32. The second kappa shape index (κ2) is 8.60. The van der Waals surface area contributed by atoms with Crippen LogP contribution in [0.25, 0.3) is 0 Å². The summed E-state index contributed by atoms with van der Waals surface area (Å²) in [6.07, 6.45) is 3.59. The molecule has 0 saturated heterocycles. The molecule has 0 aromatic heterocycles. The molecule has 0 radical (unpaired) electrons. The molecule has 0 rings (SSSR count). The van der Waals surface area contributed by atoms with Crippen LogP contribution >= 0.6 is 0 Å². The Bertz CT molecular complexity index is 178. The molecular weight excluding hydrogens is 178 g/mol. The molecule has 82 valence electrons. The van der Waals surface area contributed by atoms with Gasteiger partial charge in [-0.2, -0.15) is 0 Å². The number of esters is 1. The van der Waals surface area contributed by atoms with Crippen LogP contribution in [0.4, 0.5) is 0 Å². The highest BCUT2D eigenvalue weighted by molar-refractivity contribution is 5.69. The maximum absolute atomic E-state index is 10.9. The summed E-state index contributed by atoms with van der Waals surface area (Å²) in [6.45, 7) is 8.94. The summed E-state index contributed by atoms with van der Waals surface area (Å²) in [6, 6.07) is 0. The molecule has 14 heavy (non-hydrogen) atoms. The van der Waals surface area contributed by atoms with E-state index in [4.69, 9.17) is 4.74 Å². The minimum Gasteiger partial charge on any atom is -0.466 e. The molecule has 0 aliphatic carbocycles. The number of nitrogens with one attached hydrogen (secondary N) is 1. The molecule has 0 atom stereocenters. The third kappa shape index (κ3) is 9.10. The summed E-state index contributed by atoms with van der Waals surface area (Å²) in [7, 11) is 0. The van der Waals surface area contributed by atoms with Crippen LogP contribution in [-0.2, 0) is 9.53 Å². The average Bonchev–Trinajstić information content (AvgIpc) is 2.11. The van der Waals surface area contributed by atoms with Crippen molar-refractivity contribution in [2.45, 2.75) is 39.5 Å². The van der Waals surface area contributed by atoms with Crippen LogP contribution < -0.4 is 5.32 Å². The summed E-state index contributed by atoms with van der Waals surface area (Å²) in [4.78, 5) is 10.9. The predicted octanol–water partition coefficient (Wildman–Crippen LogP) is 2.23. The largest absolute Gasteiger partial charge is 0.466 e. The molecule has 3 heteroatoms. The lowest BCUT2D eigenvalue weighted by molar-refractivity contribution is -0.143. The number of unbranched alkanes of at least 4 members (excludes halogenated alkanes) is 2. The van der Waals surface area contributed by atoms with E-state index in [1.54, 1.807) is 0 Å². The van der Waals surface area contributed by atoms with E-state index in [9.17, 15) is 4.79 Å². The van der Waals surface area contributed by atoms with Crippen LogP contribution in [0.5, 0.6) is 0 Å². The number of carbonyl (C=O) groups excluding carboxylic acids is 1. The van der Waals surface area contributed by atoms with Crippen molar-refractivity contribution in [3.05, 3.63) is 12.3 Å². The Morgan fingerprint density at radius 3 is 2.64 bits per heavy atom. The van der Waals surface area contributed by atoms with Gasteiger partial charge >= 0.3 is 5.97 Å². The molecular formula is C11H21NO2. The molecule has 0 aliphatic rings. The smallest absolute Gasteiger partial charge is 0.305 e. The fraction of sp³-hybridized carbons (Fsp3) is 0.727. The maximum Gasteiger partial charge on any atom is 0.305 e. The van der Waals surface area contributed by atoms with Gasteiger partial charge in [-0.15, -0.1) is 0 Å². The van der Waals surface area contributed by atoms with Crippen molar-refractivity contribution >= 4 is 5.97 Å². The fourth-order valence-electron chi connectivity index (χ4n) is 1.11. The Kier molecular flexibility index (Phi) is 7.99. The molecule has 0 saturated carbocycles. The lowest BCUT2D eigenvalue weighted by Gasteiger charge is -2.04. The standard InChI is InChI=1S/C11H21NO2/c1-4-14-11(13)8-6-5-7-9-12-10(2)3/h12H,2,4-9H2,1,3H3. The van der Waals surface area contributed by atoms with Crippen LogP contribution in [0.2, 0.25) is 0 Å². The molecule has 0 aliphatic heterocycles. The Morgan fingerprint density at radius 2 is 2.07 bits per heavy atom. The second-order valence-corrected chi connectivity index (χ2v) is 3.32. The molecule has 0 unspecified atom stereocenters. The number of ether oxygens (including phenoxy) is 1. The molecule has 0 aromatic carbocycles. The first kappa shape index (κ1) is 13.0. The summed E-state index contributed by atoms with van der Waals surface area (Å²) in [5.41, 5.74) is 0.996. The summed E-state index contributed by atoms with van der Waals surface area (Å²) < 4.78 is 4.82. The van der Waals surface area contributed by atoms with Gasteiger partial charge in [-0.3, -0.25) is 4.79 Å². The average molecular weight is 199 g/mol. The SMILES string of the molecule is C=C(C)NCCCCCC(=O)OCC. The molecule has 0 heterocycles. The van der Waals surface area contributed by atoms with E-state index in [-0.39, 0.29) is 5.97 Å². The van der Waals surface area contributed by atoms with Crippen LogP contribution in [0, 0.1) is 0 Å². The molecule has 0 aromatic rings. The highest BCUT2D eigenvalue weighted by atomic mass is 16.5. The van der Waals surface area contributed by atoms with Gasteiger partial charge in [0.1, 0.15) is 0 Å². The highest BCUT2D eigenvalue weighted by Crippen LogP contribution is 2.00. The zero-order valence-corrected chi connectivity index (χ0v) is 9.27. The first-order chi connectivity index (χ1) is 6.66. The van der Waals surface area contributed by atoms with Gasteiger partial charge in [-0.05, 0) is 26.7 Å². The van der Waals surface area contributed by atoms with E-state index < -0.39 is 0 Å². The van der Waals surface area contributed by atoms with Crippen molar-refractivity contribution in [1.29, 1.82) is 0 Å². The van der Waals surface area contributed by atoms with Crippen LogP contribution in [0.15, 0.2) is 12.3 Å². The zero-order valence-electron chi connectivity index (χ0n) is 9.27. The Labute approximate surface area is 86.5 Å². The lowest BCUT2D eigenvalue weighted by atomic mass is 10.2. The van der Waals surface area contributed by atoms with E-state index >= 15 is 0 Å². The Hall–Kier alpha value is -0.990. The van der Waals surface area contributed by atoms with Crippen LogP contribution in [0.3, 0.4) is 0 Å². The van der Waals surface area contributed by atoms with Gasteiger partial charge in [0, 0.05) is 18.7 Å². The van der Waals surface area contributed by atoms with Crippen molar-refractivity contribution in [1.82, 2.24) is 5.32 Å². The molecule has 1 N–H and O–H groups in total. The highest BCUT2D eigenvalue weighted by Gasteiger charge is 1.99. The minimum absolute atomic E-state index is 0.0830. The minimum atomic E-state index is -0.0830. The third-order valence-electron chi connectivity index (χ3n) is 1.79. The van der Waals surface area contributed by atoms with E-state index in [0.717, 1.165) is 31.5 Å². The van der Waals surface area contributed by atoms with Gasteiger partial charge in [0.15, 0.2) is 0 Å². The van der Waals surface area contributed by atoms with Crippen molar-refractivity contribution < 1.29 is 9.53 Å².